The van der Waals surface area contributed by atoms with Gasteiger partial charge in [-0.3, -0.25) is 9.59 Å². The van der Waals surface area contributed by atoms with Gasteiger partial charge in [0.05, 0.1) is 25.2 Å². The quantitative estimate of drug-likeness (QED) is 0.0322. The van der Waals surface area contributed by atoms with Gasteiger partial charge in [-0.1, -0.05) is 237 Å². The van der Waals surface area contributed by atoms with E-state index in [9.17, 15) is 19.8 Å². The number of rotatable bonds is 48. The molecular weight excluding hydrogens is 755 g/mol. The molecule has 0 saturated carbocycles. The van der Waals surface area contributed by atoms with Crippen molar-refractivity contribution in [3.63, 3.8) is 0 Å². The van der Waals surface area contributed by atoms with Crippen LogP contribution in [0.2, 0.25) is 0 Å². The van der Waals surface area contributed by atoms with Crippen LogP contribution in [-0.2, 0) is 14.3 Å². The Kier molecular flexibility index (Phi) is 47.6. The first kappa shape index (κ1) is 59.1. The van der Waals surface area contributed by atoms with Crippen molar-refractivity contribution in [1.82, 2.24) is 5.32 Å². The number of hydrogen-bond donors (Lipinski definition) is 3. The third kappa shape index (κ3) is 44.5. The van der Waals surface area contributed by atoms with Gasteiger partial charge >= 0.3 is 5.97 Å². The Morgan fingerprint density at radius 3 is 1.30 bits per heavy atom. The fraction of sp³-hybridized carbons (Fsp3) is 0.855. The molecule has 0 aromatic heterocycles. The van der Waals surface area contributed by atoms with Crippen LogP contribution in [0.4, 0.5) is 0 Å². The minimum absolute atomic E-state index is 0.0713. The summed E-state index contributed by atoms with van der Waals surface area (Å²) in [7, 11) is 0. The van der Waals surface area contributed by atoms with Crippen molar-refractivity contribution in [2.45, 2.75) is 296 Å². The van der Waals surface area contributed by atoms with Crippen LogP contribution < -0.4 is 5.32 Å². The standard InChI is InChI=1S/C55H103NO5/c1-4-7-10-13-16-19-21-23-25-27-29-31-33-35-38-41-44-47-53(58)52(50-57)56-54(59)49-51(46-43-40-37-18-15-12-9-6-3)61-55(60)48-45-42-39-36-34-32-30-28-26-24-22-20-17-14-11-8-5-2/h17,20,24,26,30,32,51-53,57-58H,4-16,18-19,21-23,25,27-29,31,33-50H2,1-3H3,(H,56,59)/b20-17-,26-24-,32-30-. The number of amides is 1. The molecule has 0 radical (unpaired) electrons. The van der Waals surface area contributed by atoms with E-state index in [0.29, 0.717) is 19.3 Å². The lowest BCUT2D eigenvalue weighted by molar-refractivity contribution is -0.151. The Labute approximate surface area is 379 Å². The minimum Gasteiger partial charge on any atom is -0.462 e. The lowest BCUT2D eigenvalue weighted by Crippen LogP contribution is -2.46. The Morgan fingerprint density at radius 2 is 0.836 bits per heavy atom. The van der Waals surface area contributed by atoms with Gasteiger partial charge in [0.1, 0.15) is 6.10 Å². The molecule has 0 aromatic carbocycles. The van der Waals surface area contributed by atoms with Crippen LogP contribution in [0, 0.1) is 0 Å². The number of esters is 1. The van der Waals surface area contributed by atoms with Gasteiger partial charge in [-0.05, 0) is 64.2 Å². The number of carbonyl (C=O) groups is 2. The molecule has 0 rings (SSSR count). The molecule has 0 aromatic rings. The summed E-state index contributed by atoms with van der Waals surface area (Å²) in [4.78, 5) is 26.1. The monoisotopic (exact) mass is 858 g/mol. The number of allylic oxidation sites excluding steroid dienone is 6. The number of nitrogens with one attached hydrogen (secondary N) is 1. The molecule has 0 aliphatic heterocycles. The zero-order chi connectivity index (χ0) is 44.5. The van der Waals surface area contributed by atoms with Crippen LogP contribution in [0.3, 0.4) is 0 Å². The highest BCUT2D eigenvalue weighted by atomic mass is 16.5. The van der Waals surface area contributed by atoms with Crippen molar-refractivity contribution in [3.8, 4) is 0 Å². The molecular formula is C55H103NO5. The molecule has 3 N–H and O–H groups in total. The summed E-state index contributed by atoms with van der Waals surface area (Å²) in [5, 5.41) is 23.8. The van der Waals surface area contributed by atoms with Gasteiger partial charge in [-0.25, -0.2) is 0 Å². The largest absolute Gasteiger partial charge is 0.462 e. The van der Waals surface area contributed by atoms with Crippen molar-refractivity contribution in [2.24, 2.45) is 0 Å². The van der Waals surface area contributed by atoms with E-state index in [2.05, 4.69) is 62.5 Å². The van der Waals surface area contributed by atoms with Crippen molar-refractivity contribution in [2.75, 3.05) is 6.61 Å². The molecule has 61 heavy (non-hydrogen) atoms. The van der Waals surface area contributed by atoms with Crippen LogP contribution >= 0.6 is 0 Å². The van der Waals surface area contributed by atoms with Crippen LogP contribution in [0.5, 0.6) is 0 Å². The van der Waals surface area contributed by atoms with Gasteiger partial charge in [-0.2, -0.15) is 0 Å². The number of hydrogen-bond acceptors (Lipinski definition) is 5. The Balaban J connectivity index is 4.39. The number of aliphatic hydroxyl groups excluding tert-OH is 2. The molecule has 6 heteroatoms. The molecule has 1 amide bonds. The zero-order valence-corrected chi connectivity index (χ0v) is 40.8. The highest BCUT2D eigenvalue weighted by Crippen LogP contribution is 2.18. The molecule has 0 aliphatic rings. The highest BCUT2D eigenvalue weighted by Gasteiger charge is 2.24. The van der Waals surface area contributed by atoms with E-state index in [1.807, 2.05) is 0 Å². The van der Waals surface area contributed by atoms with Crippen molar-refractivity contribution in [3.05, 3.63) is 36.5 Å². The fourth-order valence-electron chi connectivity index (χ4n) is 8.14. The predicted molar refractivity (Wildman–Crippen MR) is 264 cm³/mol. The second kappa shape index (κ2) is 49.1. The minimum atomic E-state index is -0.788. The molecule has 0 heterocycles. The van der Waals surface area contributed by atoms with Crippen molar-refractivity contribution in [1.29, 1.82) is 0 Å². The fourth-order valence-corrected chi connectivity index (χ4v) is 8.14. The zero-order valence-electron chi connectivity index (χ0n) is 40.8. The second-order valence-electron chi connectivity index (χ2n) is 18.3. The summed E-state index contributed by atoms with van der Waals surface area (Å²) in [6, 6.07) is -0.702. The van der Waals surface area contributed by atoms with Crippen LogP contribution in [0.1, 0.15) is 278 Å². The first-order valence-electron chi connectivity index (χ1n) is 26.7. The molecule has 0 spiro atoms. The van der Waals surface area contributed by atoms with Gasteiger partial charge in [0.15, 0.2) is 0 Å². The maximum atomic E-state index is 13.2. The molecule has 0 fully saturated rings. The molecule has 358 valence electrons. The van der Waals surface area contributed by atoms with Gasteiger partial charge in [0.25, 0.3) is 0 Å². The smallest absolute Gasteiger partial charge is 0.306 e. The molecule has 0 saturated heterocycles. The molecule has 0 bridgehead atoms. The number of unbranched alkanes of at least 4 members (excludes halogenated alkanes) is 30. The predicted octanol–water partition coefficient (Wildman–Crippen LogP) is 16.1. The summed E-state index contributed by atoms with van der Waals surface area (Å²) in [5.74, 6) is -0.492. The van der Waals surface area contributed by atoms with E-state index in [-0.39, 0.29) is 24.9 Å². The van der Waals surface area contributed by atoms with Gasteiger partial charge in [0, 0.05) is 6.42 Å². The normalized spacial score (nSPS) is 13.5. The summed E-state index contributed by atoms with van der Waals surface area (Å²) in [6.45, 7) is 6.45. The molecule has 3 atom stereocenters. The van der Waals surface area contributed by atoms with E-state index in [1.54, 1.807) is 0 Å². The van der Waals surface area contributed by atoms with Crippen LogP contribution in [-0.4, -0.2) is 46.9 Å². The maximum absolute atomic E-state index is 13.2. The van der Waals surface area contributed by atoms with E-state index in [1.165, 1.54) is 154 Å². The SMILES string of the molecule is CCCCC/C=C\C/C=C\C/C=C\CCCCCCC(=O)OC(CCCCCCCCCC)CC(=O)NC(CO)C(O)CCCCCCCCCCCCCCCCCCC. The molecule has 3 unspecified atom stereocenters. The number of carbonyl (C=O) groups excluding carboxylic acids is 2. The van der Waals surface area contributed by atoms with E-state index in [0.717, 1.165) is 77.0 Å². The second-order valence-corrected chi connectivity index (χ2v) is 18.3. The van der Waals surface area contributed by atoms with Crippen LogP contribution in [0.25, 0.3) is 0 Å². The first-order chi connectivity index (χ1) is 30.0. The lowest BCUT2D eigenvalue weighted by Gasteiger charge is -2.24. The van der Waals surface area contributed by atoms with Crippen molar-refractivity contribution < 1.29 is 24.5 Å². The Bertz CT molecular complexity index is 1010. The average molecular weight is 858 g/mol. The van der Waals surface area contributed by atoms with Gasteiger partial charge in [0.2, 0.25) is 5.91 Å². The molecule has 0 aliphatic carbocycles. The first-order valence-corrected chi connectivity index (χ1v) is 26.7. The summed E-state index contributed by atoms with van der Waals surface area (Å²) in [5.41, 5.74) is 0. The van der Waals surface area contributed by atoms with E-state index < -0.39 is 18.2 Å². The lowest BCUT2D eigenvalue weighted by atomic mass is 10.0. The Hall–Kier alpha value is -1.92. The third-order valence-electron chi connectivity index (χ3n) is 12.2. The number of ether oxygens (including phenoxy) is 1. The maximum Gasteiger partial charge on any atom is 0.306 e. The van der Waals surface area contributed by atoms with E-state index in [4.69, 9.17) is 4.74 Å². The highest BCUT2D eigenvalue weighted by molar-refractivity contribution is 5.77. The summed E-state index contributed by atoms with van der Waals surface area (Å²) >= 11 is 0. The van der Waals surface area contributed by atoms with Gasteiger partial charge in [-0.15, -0.1) is 0 Å². The van der Waals surface area contributed by atoms with E-state index >= 15 is 0 Å². The number of aliphatic hydroxyl groups is 2. The molecule has 6 nitrogen and oxygen atoms in total. The van der Waals surface area contributed by atoms with Gasteiger partial charge < -0.3 is 20.3 Å². The topological polar surface area (TPSA) is 95.9 Å². The van der Waals surface area contributed by atoms with Crippen molar-refractivity contribution >= 4 is 11.9 Å². The van der Waals surface area contributed by atoms with Crippen LogP contribution in [0.15, 0.2) is 36.5 Å². The Morgan fingerprint density at radius 1 is 0.475 bits per heavy atom. The average Bonchev–Trinajstić information content (AvgIpc) is 3.25. The summed E-state index contributed by atoms with van der Waals surface area (Å²) in [6.07, 6.45) is 57.8. The summed E-state index contributed by atoms with van der Waals surface area (Å²) < 4.78 is 5.91. The third-order valence-corrected chi connectivity index (χ3v) is 12.2.